The maximum atomic E-state index is 5.32. The Labute approximate surface area is 78.7 Å². The predicted molar refractivity (Wildman–Crippen MR) is 50.5 cm³/mol. The van der Waals surface area contributed by atoms with Crippen LogP contribution in [0, 0.1) is 5.92 Å². The number of aryl methyl sites for hydroxylation is 1. The summed E-state index contributed by atoms with van der Waals surface area (Å²) in [7, 11) is 0. The fourth-order valence-electron chi connectivity index (χ4n) is 1.68. The van der Waals surface area contributed by atoms with Crippen LogP contribution in [0.2, 0.25) is 0 Å². The maximum absolute atomic E-state index is 5.32. The summed E-state index contributed by atoms with van der Waals surface area (Å²) < 4.78 is 7.36. The molecule has 0 radical (unpaired) electrons. The lowest BCUT2D eigenvalue weighted by atomic mass is 10.1. The lowest BCUT2D eigenvalue weighted by molar-refractivity contribution is 0.181. The molecule has 3 heteroatoms. The second-order valence-corrected chi connectivity index (χ2v) is 3.65. The van der Waals surface area contributed by atoms with Crippen LogP contribution in [-0.2, 0) is 17.7 Å². The van der Waals surface area contributed by atoms with Crippen molar-refractivity contribution in [3.8, 4) is 0 Å². The first-order valence-electron chi connectivity index (χ1n) is 4.97. The van der Waals surface area contributed by atoms with Crippen LogP contribution in [0.25, 0.3) is 0 Å². The number of ether oxygens (including phenoxy) is 1. The third kappa shape index (κ3) is 2.10. The van der Waals surface area contributed by atoms with Crippen molar-refractivity contribution in [1.29, 1.82) is 0 Å². The summed E-state index contributed by atoms with van der Waals surface area (Å²) in [6.45, 7) is 4.99. The third-order valence-electron chi connectivity index (χ3n) is 2.56. The largest absolute Gasteiger partial charge is 0.381 e. The molecule has 0 saturated carbocycles. The van der Waals surface area contributed by atoms with Crippen LogP contribution < -0.4 is 0 Å². The number of hydrogen-bond acceptors (Lipinski definition) is 2. The molecule has 1 unspecified atom stereocenters. The standard InChI is InChI=1S/C10H16N2O/c1-2-9-5-11-12(6-9)7-10-3-4-13-8-10/h5-6,10H,2-4,7-8H2,1H3. The Bertz CT molecular complexity index is 264. The van der Waals surface area contributed by atoms with Crippen molar-refractivity contribution in [3.63, 3.8) is 0 Å². The molecule has 1 aliphatic rings. The minimum Gasteiger partial charge on any atom is -0.381 e. The minimum absolute atomic E-state index is 0.671. The van der Waals surface area contributed by atoms with E-state index >= 15 is 0 Å². The average Bonchev–Trinajstić information content (AvgIpc) is 2.76. The highest BCUT2D eigenvalue weighted by Crippen LogP contribution is 2.14. The van der Waals surface area contributed by atoms with Gasteiger partial charge in [0.05, 0.1) is 12.8 Å². The van der Waals surface area contributed by atoms with E-state index < -0.39 is 0 Å². The van der Waals surface area contributed by atoms with E-state index in [4.69, 9.17) is 4.74 Å². The van der Waals surface area contributed by atoms with Gasteiger partial charge >= 0.3 is 0 Å². The summed E-state index contributed by atoms with van der Waals surface area (Å²) >= 11 is 0. The van der Waals surface area contributed by atoms with Gasteiger partial charge in [-0.3, -0.25) is 4.68 Å². The highest BCUT2D eigenvalue weighted by molar-refractivity contribution is 5.02. The summed E-state index contributed by atoms with van der Waals surface area (Å²) in [5, 5.41) is 4.31. The zero-order valence-corrected chi connectivity index (χ0v) is 8.07. The molecule has 2 heterocycles. The summed E-state index contributed by atoms with van der Waals surface area (Å²) in [5.41, 5.74) is 1.32. The van der Waals surface area contributed by atoms with E-state index in [-0.39, 0.29) is 0 Å². The number of aromatic nitrogens is 2. The average molecular weight is 180 g/mol. The number of rotatable bonds is 3. The molecule has 2 rings (SSSR count). The summed E-state index contributed by atoms with van der Waals surface area (Å²) in [4.78, 5) is 0. The molecule has 1 aromatic rings. The molecule has 0 spiro atoms. The van der Waals surface area contributed by atoms with Crippen molar-refractivity contribution in [3.05, 3.63) is 18.0 Å². The van der Waals surface area contributed by atoms with E-state index in [1.807, 2.05) is 10.9 Å². The van der Waals surface area contributed by atoms with Gasteiger partial charge in [0.2, 0.25) is 0 Å². The molecule has 72 valence electrons. The minimum atomic E-state index is 0.671. The van der Waals surface area contributed by atoms with Crippen molar-refractivity contribution in [2.45, 2.75) is 26.3 Å². The summed E-state index contributed by atoms with van der Waals surface area (Å²) in [6.07, 6.45) is 6.34. The van der Waals surface area contributed by atoms with Crippen LogP contribution in [0.1, 0.15) is 18.9 Å². The molecular weight excluding hydrogens is 164 g/mol. The molecule has 1 atom stereocenters. The monoisotopic (exact) mass is 180 g/mol. The molecule has 1 aliphatic heterocycles. The second-order valence-electron chi connectivity index (χ2n) is 3.65. The van der Waals surface area contributed by atoms with Gasteiger partial charge in [-0.25, -0.2) is 0 Å². The van der Waals surface area contributed by atoms with E-state index in [2.05, 4.69) is 18.2 Å². The van der Waals surface area contributed by atoms with Crippen LogP contribution in [0.4, 0.5) is 0 Å². The van der Waals surface area contributed by atoms with Gasteiger partial charge in [0, 0.05) is 25.3 Å². The van der Waals surface area contributed by atoms with E-state index in [0.717, 1.165) is 26.2 Å². The maximum Gasteiger partial charge on any atom is 0.0521 e. The van der Waals surface area contributed by atoms with Crippen molar-refractivity contribution in [2.24, 2.45) is 5.92 Å². The van der Waals surface area contributed by atoms with Gasteiger partial charge in [0.1, 0.15) is 0 Å². The zero-order chi connectivity index (χ0) is 9.10. The van der Waals surface area contributed by atoms with E-state index in [1.54, 1.807) is 0 Å². The molecule has 13 heavy (non-hydrogen) atoms. The van der Waals surface area contributed by atoms with Gasteiger partial charge in [-0.15, -0.1) is 0 Å². The fourth-order valence-corrected chi connectivity index (χ4v) is 1.68. The quantitative estimate of drug-likeness (QED) is 0.704. The lowest BCUT2D eigenvalue weighted by Gasteiger charge is -2.06. The third-order valence-corrected chi connectivity index (χ3v) is 2.56. The normalized spacial score (nSPS) is 22.4. The first-order chi connectivity index (χ1) is 6.38. The van der Waals surface area contributed by atoms with Crippen LogP contribution in [0.3, 0.4) is 0 Å². The fraction of sp³-hybridized carbons (Fsp3) is 0.700. The van der Waals surface area contributed by atoms with Crippen LogP contribution in [-0.4, -0.2) is 23.0 Å². The molecule has 0 aromatic carbocycles. The Balaban J connectivity index is 1.92. The van der Waals surface area contributed by atoms with Crippen molar-refractivity contribution < 1.29 is 4.74 Å². The molecule has 0 amide bonds. The first kappa shape index (κ1) is 8.75. The van der Waals surface area contributed by atoms with Crippen LogP contribution in [0.5, 0.6) is 0 Å². The number of nitrogens with zero attached hydrogens (tertiary/aromatic N) is 2. The van der Waals surface area contributed by atoms with Crippen LogP contribution in [0.15, 0.2) is 12.4 Å². The van der Waals surface area contributed by atoms with E-state index in [9.17, 15) is 0 Å². The van der Waals surface area contributed by atoms with Crippen LogP contribution >= 0.6 is 0 Å². The van der Waals surface area contributed by atoms with Gasteiger partial charge in [0.25, 0.3) is 0 Å². The van der Waals surface area contributed by atoms with Crippen molar-refractivity contribution in [2.75, 3.05) is 13.2 Å². The Morgan fingerprint density at radius 1 is 1.69 bits per heavy atom. The smallest absolute Gasteiger partial charge is 0.0521 e. The molecule has 0 N–H and O–H groups in total. The van der Waals surface area contributed by atoms with E-state index in [0.29, 0.717) is 5.92 Å². The molecule has 0 bridgehead atoms. The van der Waals surface area contributed by atoms with Gasteiger partial charge in [-0.2, -0.15) is 5.10 Å². The molecule has 1 fully saturated rings. The molecule has 3 nitrogen and oxygen atoms in total. The Kier molecular flexibility index (Phi) is 2.64. The zero-order valence-electron chi connectivity index (χ0n) is 8.07. The van der Waals surface area contributed by atoms with Crippen molar-refractivity contribution >= 4 is 0 Å². The molecule has 0 aliphatic carbocycles. The lowest BCUT2D eigenvalue weighted by Crippen LogP contribution is -2.10. The van der Waals surface area contributed by atoms with Gasteiger partial charge in [-0.1, -0.05) is 6.92 Å². The highest BCUT2D eigenvalue weighted by atomic mass is 16.5. The highest BCUT2D eigenvalue weighted by Gasteiger charge is 2.16. The summed E-state index contributed by atoms with van der Waals surface area (Å²) in [6, 6.07) is 0. The van der Waals surface area contributed by atoms with Gasteiger partial charge in [-0.05, 0) is 18.4 Å². The number of hydrogen-bond donors (Lipinski definition) is 0. The predicted octanol–water partition coefficient (Wildman–Crippen LogP) is 1.48. The first-order valence-corrected chi connectivity index (χ1v) is 4.97. The Morgan fingerprint density at radius 2 is 2.62 bits per heavy atom. The Hall–Kier alpha value is -0.830. The topological polar surface area (TPSA) is 27.1 Å². The molecule has 1 saturated heterocycles. The van der Waals surface area contributed by atoms with E-state index in [1.165, 1.54) is 12.0 Å². The molecular formula is C10H16N2O. The summed E-state index contributed by atoms with van der Waals surface area (Å²) in [5.74, 6) is 0.671. The second kappa shape index (κ2) is 3.92. The van der Waals surface area contributed by atoms with Crippen molar-refractivity contribution in [1.82, 2.24) is 9.78 Å². The Morgan fingerprint density at radius 3 is 3.23 bits per heavy atom. The molecule has 1 aromatic heterocycles. The SMILES string of the molecule is CCc1cnn(CC2CCOC2)c1. The van der Waals surface area contributed by atoms with Gasteiger partial charge < -0.3 is 4.74 Å². The van der Waals surface area contributed by atoms with Gasteiger partial charge in [0.15, 0.2) is 0 Å².